The molecule has 4 aromatic heterocycles. The first-order chi connectivity index (χ1) is 11.7. The average molecular weight is 314 g/mol. The molecule has 0 saturated carbocycles. The Kier molecular flexibility index (Phi) is 2.56. The number of aryl methyl sites for hydroxylation is 2. The summed E-state index contributed by atoms with van der Waals surface area (Å²) in [6.07, 6.45) is 3.61. The van der Waals surface area contributed by atoms with Gasteiger partial charge in [0.25, 0.3) is 0 Å². The van der Waals surface area contributed by atoms with Gasteiger partial charge in [-0.3, -0.25) is 4.98 Å². The molecule has 0 saturated heterocycles. The van der Waals surface area contributed by atoms with Gasteiger partial charge in [0.2, 0.25) is 5.71 Å². The van der Waals surface area contributed by atoms with Gasteiger partial charge in [0.05, 0.1) is 17.2 Å². The Morgan fingerprint density at radius 1 is 1.04 bits per heavy atom. The second-order valence-corrected chi connectivity index (χ2v) is 5.98. The Morgan fingerprint density at radius 3 is 2.88 bits per heavy atom. The number of fused-ring (bicyclic) bond motifs is 4. The van der Waals surface area contributed by atoms with Crippen molar-refractivity contribution in [1.29, 1.82) is 0 Å². The van der Waals surface area contributed by atoms with Gasteiger partial charge >= 0.3 is 0 Å². The highest BCUT2D eigenvalue weighted by molar-refractivity contribution is 6.04. The summed E-state index contributed by atoms with van der Waals surface area (Å²) in [5.41, 5.74) is 5.43. The standard InChI is InChI=1S/C19H14N4O/c1-11-8-15-16(10-21-11)23(2)18(22-15)12-5-6-13-14-4-3-7-20-19(14)24-17(13)9-12/h3-10H,1-2H3. The summed E-state index contributed by atoms with van der Waals surface area (Å²) < 4.78 is 7.95. The van der Waals surface area contributed by atoms with Crippen LogP contribution in [0.1, 0.15) is 5.69 Å². The van der Waals surface area contributed by atoms with Crippen LogP contribution >= 0.6 is 0 Å². The van der Waals surface area contributed by atoms with E-state index in [-0.39, 0.29) is 0 Å². The fraction of sp³-hybridized carbons (Fsp3) is 0.105. The van der Waals surface area contributed by atoms with Crippen LogP contribution < -0.4 is 0 Å². The van der Waals surface area contributed by atoms with Crippen LogP contribution in [0, 0.1) is 6.92 Å². The molecule has 0 aliphatic heterocycles. The van der Waals surface area contributed by atoms with E-state index in [1.54, 1.807) is 6.20 Å². The molecule has 24 heavy (non-hydrogen) atoms. The number of nitrogens with zero attached hydrogens (tertiary/aromatic N) is 4. The summed E-state index contributed by atoms with van der Waals surface area (Å²) in [5.74, 6) is 0.896. The van der Waals surface area contributed by atoms with Crippen LogP contribution in [-0.4, -0.2) is 19.5 Å². The smallest absolute Gasteiger partial charge is 0.227 e. The first-order valence-electron chi connectivity index (χ1n) is 7.77. The summed E-state index contributed by atoms with van der Waals surface area (Å²) in [7, 11) is 2.01. The van der Waals surface area contributed by atoms with Crippen molar-refractivity contribution in [3.63, 3.8) is 0 Å². The fourth-order valence-corrected chi connectivity index (χ4v) is 3.20. The molecule has 5 rings (SSSR count). The van der Waals surface area contributed by atoms with E-state index in [1.807, 2.05) is 44.4 Å². The molecule has 0 unspecified atom stereocenters. The fourth-order valence-electron chi connectivity index (χ4n) is 3.20. The molecular formula is C19H14N4O. The van der Waals surface area contributed by atoms with Crippen LogP contribution in [0.2, 0.25) is 0 Å². The minimum atomic E-state index is 0.662. The van der Waals surface area contributed by atoms with Crippen LogP contribution in [0.4, 0.5) is 0 Å². The molecule has 0 aliphatic carbocycles. The molecule has 0 fully saturated rings. The van der Waals surface area contributed by atoms with E-state index in [0.717, 1.165) is 44.5 Å². The summed E-state index contributed by atoms with van der Waals surface area (Å²) in [5, 5.41) is 2.10. The van der Waals surface area contributed by atoms with Crippen LogP contribution in [0.15, 0.2) is 53.2 Å². The highest BCUT2D eigenvalue weighted by Gasteiger charge is 2.13. The van der Waals surface area contributed by atoms with Crippen LogP contribution in [0.25, 0.3) is 44.5 Å². The van der Waals surface area contributed by atoms with Crippen molar-refractivity contribution in [2.24, 2.45) is 7.05 Å². The van der Waals surface area contributed by atoms with Gasteiger partial charge in [0, 0.05) is 35.3 Å². The maximum absolute atomic E-state index is 5.89. The number of hydrogen-bond donors (Lipinski definition) is 0. The largest absolute Gasteiger partial charge is 0.438 e. The van der Waals surface area contributed by atoms with Gasteiger partial charge in [0.1, 0.15) is 11.4 Å². The predicted molar refractivity (Wildman–Crippen MR) is 93.8 cm³/mol. The van der Waals surface area contributed by atoms with E-state index in [4.69, 9.17) is 9.40 Å². The van der Waals surface area contributed by atoms with Gasteiger partial charge in [-0.05, 0) is 37.3 Å². The lowest BCUT2D eigenvalue weighted by Crippen LogP contribution is -1.92. The van der Waals surface area contributed by atoms with Crippen LogP contribution in [0.3, 0.4) is 0 Å². The average Bonchev–Trinajstić information content (AvgIpc) is 3.12. The third-order valence-corrected chi connectivity index (χ3v) is 4.41. The maximum atomic E-state index is 5.89. The van der Waals surface area contributed by atoms with Crippen LogP contribution in [0.5, 0.6) is 0 Å². The zero-order valence-corrected chi connectivity index (χ0v) is 13.3. The molecule has 5 aromatic rings. The number of aromatic nitrogens is 4. The Bertz CT molecular complexity index is 1230. The lowest BCUT2D eigenvalue weighted by Gasteiger charge is -2.02. The molecular weight excluding hydrogens is 300 g/mol. The zero-order valence-electron chi connectivity index (χ0n) is 13.3. The van der Waals surface area contributed by atoms with E-state index in [2.05, 4.69) is 26.7 Å². The quantitative estimate of drug-likeness (QED) is 0.464. The zero-order chi connectivity index (χ0) is 16.3. The number of imidazole rings is 1. The second-order valence-electron chi connectivity index (χ2n) is 5.98. The van der Waals surface area contributed by atoms with Crippen molar-refractivity contribution in [3.8, 4) is 11.4 Å². The van der Waals surface area contributed by atoms with E-state index in [0.29, 0.717) is 5.71 Å². The van der Waals surface area contributed by atoms with Gasteiger partial charge in [-0.15, -0.1) is 0 Å². The SMILES string of the molecule is Cc1cc2nc(-c3ccc4c(c3)oc3ncccc34)n(C)c2cn1. The molecule has 0 bridgehead atoms. The summed E-state index contributed by atoms with van der Waals surface area (Å²) in [4.78, 5) is 13.4. The Morgan fingerprint density at radius 2 is 1.96 bits per heavy atom. The topological polar surface area (TPSA) is 56.7 Å². The number of furan rings is 1. The summed E-state index contributed by atoms with van der Waals surface area (Å²) in [6, 6.07) is 12.1. The van der Waals surface area contributed by atoms with Crippen molar-refractivity contribution < 1.29 is 4.42 Å². The molecule has 4 heterocycles. The molecule has 1 aromatic carbocycles. The lowest BCUT2D eigenvalue weighted by molar-refractivity contribution is 0.654. The van der Waals surface area contributed by atoms with Gasteiger partial charge in [-0.1, -0.05) is 6.07 Å². The van der Waals surface area contributed by atoms with E-state index in [9.17, 15) is 0 Å². The van der Waals surface area contributed by atoms with E-state index < -0.39 is 0 Å². The normalized spacial score (nSPS) is 11.8. The van der Waals surface area contributed by atoms with Crippen molar-refractivity contribution >= 4 is 33.1 Å². The molecule has 5 nitrogen and oxygen atoms in total. The van der Waals surface area contributed by atoms with Crippen LogP contribution in [-0.2, 0) is 7.05 Å². The minimum absolute atomic E-state index is 0.662. The monoisotopic (exact) mass is 314 g/mol. The third-order valence-electron chi connectivity index (χ3n) is 4.41. The van der Waals surface area contributed by atoms with E-state index in [1.165, 1.54) is 0 Å². The van der Waals surface area contributed by atoms with Crippen molar-refractivity contribution in [3.05, 3.63) is 54.5 Å². The summed E-state index contributed by atoms with van der Waals surface area (Å²) in [6.45, 7) is 1.97. The Hall–Kier alpha value is -3.21. The third kappa shape index (κ3) is 1.78. The van der Waals surface area contributed by atoms with Gasteiger partial charge in [0.15, 0.2) is 0 Å². The molecule has 5 heteroatoms. The number of rotatable bonds is 1. The Labute approximate surface area is 137 Å². The van der Waals surface area contributed by atoms with Crippen molar-refractivity contribution in [2.75, 3.05) is 0 Å². The lowest BCUT2D eigenvalue weighted by atomic mass is 10.1. The molecule has 0 atom stereocenters. The molecule has 0 N–H and O–H groups in total. The maximum Gasteiger partial charge on any atom is 0.227 e. The number of benzene rings is 1. The molecule has 0 radical (unpaired) electrons. The second kappa shape index (κ2) is 4.64. The molecule has 0 spiro atoms. The van der Waals surface area contributed by atoms with E-state index >= 15 is 0 Å². The Balaban J connectivity index is 1.77. The summed E-state index contributed by atoms with van der Waals surface area (Å²) >= 11 is 0. The van der Waals surface area contributed by atoms with Gasteiger partial charge in [-0.25, -0.2) is 9.97 Å². The first-order valence-corrected chi connectivity index (χ1v) is 7.77. The minimum Gasteiger partial charge on any atom is -0.438 e. The van der Waals surface area contributed by atoms with Crippen molar-refractivity contribution in [2.45, 2.75) is 6.92 Å². The first kappa shape index (κ1) is 13.2. The molecule has 116 valence electrons. The molecule has 0 aliphatic rings. The number of hydrogen-bond acceptors (Lipinski definition) is 4. The highest BCUT2D eigenvalue weighted by atomic mass is 16.3. The number of pyridine rings is 2. The molecule has 0 amide bonds. The highest BCUT2D eigenvalue weighted by Crippen LogP contribution is 2.31. The van der Waals surface area contributed by atoms with Gasteiger partial charge in [-0.2, -0.15) is 0 Å². The predicted octanol–water partition coefficient (Wildman–Crippen LogP) is 4.24. The van der Waals surface area contributed by atoms with Gasteiger partial charge < -0.3 is 8.98 Å². The van der Waals surface area contributed by atoms with Crippen molar-refractivity contribution in [1.82, 2.24) is 19.5 Å².